The summed E-state index contributed by atoms with van der Waals surface area (Å²) < 4.78 is 6.54. The maximum Gasteiger partial charge on any atom is 0.253 e. The number of pyridine rings is 1. The molecule has 1 aromatic carbocycles. The quantitative estimate of drug-likeness (QED) is 0.654. The van der Waals surface area contributed by atoms with E-state index in [1.807, 2.05) is 0 Å². The van der Waals surface area contributed by atoms with Gasteiger partial charge in [0.1, 0.15) is 0 Å². The van der Waals surface area contributed by atoms with Gasteiger partial charge in [0, 0.05) is 13.3 Å². The van der Waals surface area contributed by atoms with Crippen molar-refractivity contribution < 1.29 is 14.6 Å². The van der Waals surface area contributed by atoms with Crippen molar-refractivity contribution in [3.63, 3.8) is 0 Å². The summed E-state index contributed by atoms with van der Waals surface area (Å²) in [5.74, 6) is 0.117. The number of nitrogens with zero attached hydrogens (tertiary/aromatic N) is 4. The molecule has 0 radical (unpaired) electrons. The highest BCUT2D eigenvalue weighted by Gasteiger charge is 2.38. The van der Waals surface area contributed by atoms with Gasteiger partial charge in [0.15, 0.2) is 5.82 Å². The monoisotopic (exact) mass is 403 g/mol. The maximum absolute atomic E-state index is 12.6. The molecule has 0 spiro atoms. The topological polar surface area (TPSA) is 113 Å². The maximum atomic E-state index is 12.6. The van der Waals surface area contributed by atoms with E-state index in [2.05, 4.69) is 21.5 Å². The molecule has 1 saturated carbocycles. The lowest BCUT2D eigenvalue weighted by Gasteiger charge is -2.41. The SMILES string of the molecule is COCC1(NC(=O)c2ccc(-n3ncc(-c4ccc(C#N)cc4)c3O)nc2)CCC1. The number of aromatic hydroxyl groups is 1. The fourth-order valence-corrected chi connectivity index (χ4v) is 3.58. The number of benzene rings is 1. The average molecular weight is 403 g/mol. The molecule has 3 aromatic rings. The van der Waals surface area contributed by atoms with E-state index in [9.17, 15) is 9.90 Å². The fraction of sp³-hybridized carbons (Fsp3) is 0.273. The minimum Gasteiger partial charge on any atom is -0.493 e. The Kier molecular flexibility index (Phi) is 5.21. The predicted molar refractivity (Wildman–Crippen MR) is 109 cm³/mol. The van der Waals surface area contributed by atoms with Crippen molar-refractivity contribution in [2.24, 2.45) is 0 Å². The van der Waals surface area contributed by atoms with Crippen molar-refractivity contribution >= 4 is 5.91 Å². The molecule has 0 bridgehead atoms. The molecular weight excluding hydrogens is 382 g/mol. The first-order chi connectivity index (χ1) is 14.5. The molecule has 4 rings (SSSR count). The molecule has 0 aliphatic heterocycles. The molecular formula is C22H21N5O3. The molecule has 0 unspecified atom stereocenters. The van der Waals surface area contributed by atoms with Crippen molar-refractivity contribution in [3.8, 4) is 28.9 Å². The third kappa shape index (κ3) is 3.63. The van der Waals surface area contributed by atoms with E-state index in [0.717, 1.165) is 24.8 Å². The number of nitriles is 1. The molecule has 2 aromatic heterocycles. The van der Waals surface area contributed by atoms with Gasteiger partial charge in [0.05, 0.1) is 41.1 Å². The summed E-state index contributed by atoms with van der Waals surface area (Å²) in [5, 5.41) is 26.8. The van der Waals surface area contributed by atoms with Gasteiger partial charge < -0.3 is 15.2 Å². The second-order valence-electron chi connectivity index (χ2n) is 7.41. The minimum absolute atomic E-state index is 0.0714. The van der Waals surface area contributed by atoms with Crippen LogP contribution >= 0.6 is 0 Å². The summed E-state index contributed by atoms with van der Waals surface area (Å²) in [6.45, 7) is 0.490. The van der Waals surface area contributed by atoms with E-state index in [1.165, 1.54) is 17.1 Å². The van der Waals surface area contributed by atoms with Crippen molar-refractivity contribution in [3.05, 3.63) is 59.9 Å². The van der Waals surface area contributed by atoms with Crippen LogP contribution in [0.15, 0.2) is 48.8 Å². The number of carbonyl (C=O) groups excluding carboxylic acids is 1. The lowest BCUT2D eigenvalue weighted by atomic mass is 9.77. The molecule has 8 heteroatoms. The lowest BCUT2D eigenvalue weighted by molar-refractivity contribution is 0.0476. The van der Waals surface area contributed by atoms with E-state index in [0.29, 0.717) is 29.1 Å². The number of ether oxygens (including phenoxy) is 1. The van der Waals surface area contributed by atoms with Gasteiger partial charge >= 0.3 is 0 Å². The van der Waals surface area contributed by atoms with E-state index >= 15 is 0 Å². The van der Waals surface area contributed by atoms with Crippen LogP contribution in [0.4, 0.5) is 0 Å². The van der Waals surface area contributed by atoms with Gasteiger partial charge in [-0.05, 0) is 49.1 Å². The van der Waals surface area contributed by atoms with Crippen LogP contribution in [0.2, 0.25) is 0 Å². The summed E-state index contributed by atoms with van der Waals surface area (Å²) in [5.41, 5.74) is 1.93. The van der Waals surface area contributed by atoms with Crippen LogP contribution in [-0.4, -0.2) is 45.0 Å². The first-order valence-corrected chi connectivity index (χ1v) is 9.61. The average Bonchev–Trinajstić information content (AvgIpc) is 3.13. The molecule has 1 aliphatic carbocycles. The number of carbonyl (C=O) groups is 1. The van der Waals surface area contributed by atoms with Gasteiger partial charge in [-0.2, -0.15) is 15.0 Å². The summed E-state index contributed by atoms with van der Waals surface area (Å²) in [6.07, 6.45) is 5.87. The second-order valence-corrected chi connectivity index (χ2v) is 7.41. The number of rotatable bonds is 6. The van der Waals surface area contributed by atoms with Crippen molar-refractivity contribution in [1.29, 1.82) is 5.26 Å². The third-order valence-electron chi connectivity index (χ3n) is 5.41. The van der Waals surface area contributed by atoms with Crippen molar-refractivity contribution in [2.45, 2.75) is 24.8 Å². The second kappa shape index (κ2) is 7.97. The van der Waals surface area contributed by atoms with Crippen LogP contribution < -0.4 is 5.32 Å². The Hall–Kier alpha value is -3.70. The predicted octanol–water partition coefficient (Wildman–Crippen LogP) is 2.81. The highest BCUT2D eigenvalue weighted by atomic mass is 16.5. The first-order valence-electron chi connectivity index (χ1n) is 9.61. The third-order valence-corrected chi connectivity index (χ3v) is 5.41. The number of nitrogens with one attached hydrogen (secondary N) is 1. The molecule has 30 heavy (non-hydrogen) atoms. The molecule has 2 heterocycles. The number of methoxy groups -OCH3 is 1. The number of hydrogen-bond acceptors (Lipinski definition) is 6. The van der Waals surface area contributed by atoms with Crippen LogP contribution in [0, 0.1) is 11.3 Å². The summed E-state index contributed by atoms with van der Waals surface area (Å²) in [4.78, 5) is 16.9. The smallest absolute Gasteiger partial charge is 0.253 e. The summed E-state index contributed by atoms with van der Waals surface area (Å²) in [6, 6.07) is 12.2. The Labute approximate surface area is 173 Å². The van der Waals surface area contributed by atoms with Crippen LogP contribution in [0.1, 0.15) is 35.2 Å². The minimum atomic E-state index is -0.291. The molecule has 0 atom stereocenters. The lowest BCUT2D eigenvalue weighted by Crippen LogP contribution is -2.56. The summed E-state index contributed by atoms with van der Waals surface area (Å²) >= 11 is 0. The Morgan fingerprint density at radius 2 is 2.03 bits per heavy atom. The van der Waals surface area contributed by atoms with Crippen molar-refractivity contribution in [2.75, 3.05) is 13.7 Å². The molecule has 1 amide bonds. The highest BCUT2D eigenvalue weighted by Crippen LogP contribution is 2.33. The molecule has 0 saturated heterocycles. The fourth-order valence-electron chi connectivity index (χ4n) is 3.58. The Balaban J connectivity index is 1.52. The van der Waals surface area contributed by atoms with E-state index in [4.69, 9.17) is 10.00 Å². The van der Waals surface area contributed by atoms with E-state index in [-0.39, 0.29) is 17.3 Å². The zero-order valence-corrected chi connectivity index (χ0v) is 16.5. The van der Waals surface area contributed by atoms with Crippen LogP contribution in [0.25, 0.3) is 16.9 Å². The molecule has 1 fully saturated rings. The zero-order chi connectivity index (χ0) is 21.1. The normalized spacial score (nSPS) is 14.5. The summed E-state index contributed by atoms with van der Waals surface area (Å²) in [7, 11) is 1.63. The van der Waals surface area contributed by atoms with Crippen molar-refractivity contribution in [1.82, 2.24) is 20.1 Å². The zero-order valence-electron chi connectivity index (χ0n) is 16.5. The Morgan fingerprint density at radius 3 is 2.60 bits per heavy atom. The van der Waals surface area contributed by atoms with E-state index in [1.54, 1.807) is 43.5 Å². The van der Waals surface area contributed by atoms with Gasteiger partial charge in [0.25, 0.3) is 5.91 Å². The van der Waals surface area contributed by atoms with E-state index < -0.39 is 0 Å². The highest BCUT2D eigenvalue weighted by molar-refractivity contribution is 5.94. The van der Waals surface area contributed by atoms with Gasteiger partial charge in [-0.25, -0.2) is 4.98 Å². The number of amides is 1. The first kappa shape index (κ1) is 19.6. The van der Waals surface area contributed by atoms with Crippen LogP contribution in [-0.2, 0) is 4.74 Å². The number of hydrogen-bond donors (Lipinski definition) is 2. The van der Waals surface area contributed by atoms with Gasteiger partial charge in [0.2, 0.25) is 5.88 Å². The standard InChI is InChI=1S/C22H21N5O3/c1-30-14-22(9-2-10-22)26-20(28)17-7-8-19(24-12-17)27-21(29)18(13-25-27)16-5-3-15(11-23)4-6-16/h3-8,12-13,29H,2,9-10,14H2,1H3,(H,26,28). The molecule has 152 valence electrons. The molecule has 2 N–H and O–H groups in total. The molecule has 8 nitrogen and oxygen atoms in total. The van der Waals surface area contributed by atoms with Crippen LogP contribution in [0.5, 0.6) is 5.88 Å². The molecule has 1 aliphatic rings. The Morgan fingerprint density at radius 1 is 1.27 bits per heavy atom. The largest absolute Gasteiger partial charge is 0.493 e. The Bertz CT molecular complexity index is 1090. The van der Waals surface area contributed by atoms with Gasteiger partial charge in [-0.15, -0.1) is 0 Å². The van der Waals surface area contributed by atoms with Gasteiger partial charge in [-0.3, -0.25) is 4.79 Å². The van der Waals surface area contributed by atoms with Crippen LogP contribution in [0.3, 0.4) is 0 Å². The number of aromatic nitrogens is 3. The van der Waals surface area contributed by atoms with Gasteiger partial charge in [-0.1, -0.05) is 12.1 Å².